The van der Waals surface area contributed by atoms with Gasteiger partial charge in [-0.05, 0) is 42.0 Å². The van der Waals surface area contributed by atoms with Gasteiger partial charge in [0.25, 0.3) is 0 Å². The van der Waals surface area contributed by atoms with Crippen molar-refractivity contribution in [3.63, 3.8) is 0 Å². The standard InChI is InChI=1S/C15H17NO4S/c1-19-15-8-3-11(9-14(15)16)10-20-12-4-6-13(7-5-12)21(2,17)18/h3-9H,10,16H2,1-2H3. The third-order valence-corrected chi connectivity index (χ3v) is 4.08. The van der Waals surface area contributed by atoms with Gasteiger partial charge in [-0.25, -0.2) is 8.42 Å². The molecule has 21 heavy (non-hydrogen) atoms. The van der Waals surface area contributed by atoms with Crippen LogP contribution in [0.4, 0.5) is 5.69 Å². The fraction of sp³-hybridized carbons (Fsp3) is 0.200. The largest absolute Gasteiger partial charge is 0.495 e. The van der Waals surface area contributed by atoms with Gasteiger partial charge >= 0.3 is 0 Å². The van der Waals surface area contributed by atoms with Crippen LogP contribution in [-0.4, -0.2) is 21.8 Å². The quantitative estimate of drug-likeness (QED) is 0.857. The summed E-state index contributed by atoms with van der Waals surface area (Å²) in [5.74, 6) is 1.22. The summed E-state index contributed by atoms with van der Waals surface area (Å²) >= 11 is 0. The first kappa shape index (κ1) is 15.2. The van der Waals surface area contributed by atoms with E-state index in [2.05, 4.69) is 0 Å². The van der Waals surface area contributed by atoms with Gasteiger partial charge in [-0.15, -0.1) is 0 Å². The van der Waals surface area contributed by atoms with Gasteiger partial charge in [0.1, 0.15) is 18.1 Å². The molecule has 0 saturated heterocycles. The van der Waals surface area contributed by atoms with Crippen LogP contribution in [0.3, 0.4) is 0 Å². The Morgan fingerprint density at radius 1 is 1.10 bits per heavy atom. The number of hydrogen-bond acceptors (Lipinski definition) is 5. The summed E-state index contributed by atoms with van der Waals surface area (Å²) in [4.78, 5) is 0.267. The minimum absolute atomic E-state index is 0.267. The van der Waals surface area contributed by atoms with Crippen molar-refractivity contribution in [3.8, 4) is 11.5 Å². The Bertz CT molecular complexity index is 724. The minimum atomic E-state index is -3.19. The second-order valence-electron chi connectivity index (χ2n) is 4.61. The zero-order valence-corrected chi connectivity index (χ0v) is 12.7. The number of benzene rings is 2. The summed E-state index contributed by atoms with van der Waals surface area (Å²) in [5.41, 5.74) is 7.27. The Morgan fingerprint density at radius 3 is 2.29 bits per heavy atom. The summed E-state index contributed by atoms with van der Waals surface area (Å²) in [5, 5.41) is 0. The lowest BCUT2D eigenvalue weighted by atomic mass is 10.2. The van der Waals surface area contributed by atoms with Crippen molar-refractivity contribution in [2.75, 3.05) is 19.1 Å². The SMILES string of the molecule is COc1ccc(COc2ccc(S(C)(=O)=O)cc2)cc1N. The van der Waals surface area contributed by atoms with Crippen molar-refractivity contribution in [3.05, 3.63) is 48.0 Å². The van der Waals surface area contributed by atoms with Crippen LogP contribution in [0.5, 0.6) is 11.5 Å². The van der Waals surface area contributed by atoms with E-state index in [4.69, 9.17) is 15.2 Å². The number of hydrogen-bond donors (Lipinski definition) is 1. The molecule has 5 nitrogen and oxygen atoms in total. The predicted octanol–water partition coefficient (Wildman–Crippen LogP) is 2.26. The summed E-state index contributed by atoms with van der Waals surface area (Å²) in [6.07, 6.45) is 1.17. The molecule has 0 atom stereocenters. The second kappa shape index (κ2) is 6.05. The Hall–Kier alpha value is -2.21. The molecule has 0 bridgehead atoms. The maximum absolute atomic E-state index is 11.4. The molecule has 2 rings (SSSR count). The molecule has 6 heteroatoms. The highest BCUT2D eigenvalue weighted by molar-refractivity contribution is 7.90. The molecule has 0 fully saturated rings. The van der Waals surface area contributed by atoms with Crippen LogP contribution in [0.2, 0.25) is 0 Å². The number of sulfone groups is 1. The van der Waals surface area contributed by atoms with Gasteiger partial charge in [-0.1, -0.05) is 6.07 Å². The van der Waals surface area contributed by atoms with Crippen molar-refractivity contribution in [1.29, 1.82) is 0 Å². The van der Waals surface area contributed by atoms with Crippen LogP contribution in [-0.2, 0) is 16.4 Å². The van der Waals surface area contributed by atoms with E-state index in [9.17, 15) is 8.42 Å². The average molecular weight is 307 g/mol. The monoisotopic (exact) mass is 307 g/mol. The summed E-state index contributed by atoms with van der Waals surface area (Å²) in [6.45, 7) is 0.340. The molecule has 0 unspecified atom stereocenters. The zero-order valence-electron chi connectivity index (χ0n) is 11.9. The molecule has 112 valence electrons. The van der Waals surface area contributed by atoms with Crippen LogP contribution < -0.4 is 15.2 Å². The van der Waals surface area contributed by atoms with Crippen molar-refractivity contribution in [1.82, 2.24) is 0 Å². The fourth-order valence-electron chi connectivity index (χ4n) is 1.82. The Morgan fingerprint density at radius 2 is 1.76 bits per heavy atom. The Kier molecular flexibility index (Phi) is 4.37. The molecule has 2 aromatic carbocycles. The highest BCUT2D eigenvalue weighted by atomic mass is 32.2. The number of rotatable bonds is 5. The number of nitrogen functional groups attached to an aromatic ring is 1. The van der Waals surface area contributed by atoms with E-state index in [1.54, 1.807) is 31.4 Å². The lowest BCUT2D eigenvalue weighted by molar-refractivity contribution is 0.306. The van der Waals surface area contributed by atoms with Crippen LogP contribution >= 0.6 is 0 Å². The first-order valence-corrected chi connectivity index (χ1v) is 8.14. The normalized spacial score (nSPS) is 11.1. The van der Waals surface area contributed by atoms with Crippen molar-refractivity contribution in [2.24, 2.45) is 0 Å². The van der Waals surface area contributed by atoms with Crippen LogP contribution in [0, 0.1) is 0 Å². The number of methoxy groups -OCH3 is 1. The highest BCUT2D eigenvalue weighted by Gasteiger charge is 2.07. The average Bonchev–Trinajstić information content (AvgIpc) is 2.45. The van der Waals surface area contributed by atoms with Gasteiger partial charge in [0.2, 0.25) is 0 Å². The number of nitrogens with two attached hydrogens (primary N) is 1. The van der Waals surface area contributed by atoms with Crippen LogP contribution in [0.1, 0.15) is 5.56 Å². The molecule has 0 heterocycles. The van der Waals surface area contributed by atoms with Gasteiger partial charge in [0.05, 0.1) is 17.7 Å². The predicted molar refractivity (Wildman–Crippen MR) is 81.3 cm³/mol. The maximum atomic E-state index is 11.4. The van der Waals surface area contributed by atoms with Crippen molar-refractivity contribution in [2.45, 2.75) is 11.5 Å². The molecule has 0 spiro atoms. The van der Waals surface area contributed by atoms with Gasteiger partial charge in [-0.3, -0.25) is 0 Å². The van der Waals surface area contributed by atoms with E-state index in [1.165, 1.54) is 18.4 Å². The molecule has 0 radical (unpaired) electrons. The fourth-order valence-corrected chi connectivity index (χ4v) is 2.45. The molecular weight excluding hydrogens is 290 g/mol. The van der Waals surface area contributed by atoms with Gasteiger partial charge in [0.15, 0.2) is 9.84 Å². The second-order valence-corrected chi connectivity index (χ2v) is 6.62. The summed E-state index contributed by atoms with van der Waals surface area (Å²) < 4.78 is 33.4. The third-order valence-electron chi connectivity index (χ3n) is 2.95. The summed E-state index contributed by atoms with van der Waals surface area (Å²) in [7, 11) is -1.63. The zero-order chi connectivity index (χ0) is 15.5. The van der Waals surface area contributed by atoms with Crippen molar-refractivity contribution < 1.29 is 17.9 Å². The molecule has 2 N–H and O–H groups in total. The van der Waals surface area contributed by atoms with E-state index in [1.807, 2.05) is 6.07 Å². The molecule has 0 aliphatic rings. The topological polar surface area (TPSA) is 78.6 Å². The molecule has 0 aromatic heterocycles. The smallest absolute Gasteiger partial charge is 0.175 e. The molecule has 0 aliphatic carbocycles. The number of anilines is 1. The first-order valence-electron chi connectivity index (χ1n) is 6.25. The third kappa shape index (κ3) is 3.88. The van der Waals surface area contributed by atoms with Crippen molar-refractivity contribution >= 4 is 15.5 Å². The van der Waals surface area contributed by atoms with Crippen LogP contribution in [0.15, 0.2) is 47.4 Å². The molecule has 0 amide bonds. The minimum Gasteiger partial charge on any atom is -0.495 e. The Labute approximate surface area is 124 Å². The molecule has 0 saturated carbocycles. The van der Waals surface area contributed by atoms with E-state index in [-0.39, 0.29) is 4.90 Å². The van der Waals surface area contributed by atoms with E-state index in [0.29, 0.717) is 23.8 Å². The lowest BCUT2D eigenvalue weighted by Crippen LogP contribution is -2.00. The van der Waals surface area contributed by atoms with Gasteiger partial charge in [0, 0.05) is 6.26 Å². The molecular formula is C15H17NO4S. The van der Waals surface area contributed by atoms with Crippen LogP contribution in [0.25, 0.3) is 0 Å². The van der Waals surface area contributed by atoms with E-state index < -0.39 is 9.84 Å². The molecule has 0 aliphatic heterocycles. The lowest BCUT2D eigenvalue weighted by Gasteiger charge is -2.09. The van der Waals surface area contributed by atoms with E-state index in [0.717, 1.165) is 5.56 Å². The van der Waals surface area contributed by atoms with Gasteiger partial charge in [-0.2, -0.15) is 0 Å². The van der Waals surface area contributed by atoms with E-state index >= 15 is 0 Å². The number of ether oxygens (including phenoxy) is 2. The first-order chi connectivity index (χ1) is 9.90. The highest BCUT2D eigenvalue weighted by Crippen LogP contribution is 2.23. The maximum Gasteiger partial charge on any atom is 0.175 e. The summed E-state index contributed by atoms with van der Waals surface area (Å²) in [6, 6.07) is 11.7. The Balaban J connectivity index is 2.05. The molecule has 2 aromatic rings. The van der Waals surface area contributed by atoms with Gasteiger partial charge < -0.3 is 15.2 Å².